The van der Waals surface area contributed by atoms with E-state index in [4.69, 9.17) is 0 Å². The Kier molecular flexibility index (Phi) is 3.56. The summed E-state index contributed by atoms with van der Waals surface area (Å²) in [4.78, 5) is 0. The highest BCUT2D eigenvalue weighted by Crippen LogP contribution is 2.55. The molecular formula is C22H26. The number of hydrogen-bond acceptors (Lipinski definition) is 0. The SMILES string of the molecule is CC[C@@H]1Cc2ccccc2C1[C@@H]1c2ccccc2C[C@@H]1CC. The Morgan fingerprint density at radius 1 is 0.682 bits per heavy atom. The fraction of sp³-hybridized carbons (Fsp3) is 0.455. The number of fused-ring (bicyclic) bond motifs is 2. The lowest BCUT2D eigenvalue weighted by Crippen LogP contribution is -2.20. The van der Waals surface area contributed by atoms with E-state index in [0.717, 1.165) is 23.7 Å². The van der Waals surface area contributed by atoms with Crippen molar-refractivity contribution in [3.63, 3.8) is 0 Å². The average molecular weight is 290 g/mol. The van der Waals surface area contributed by atoms with Crippen LogP contribution in [-0.4, -0.2) is 0 Å². The van der Waals surface area contributed by atoms with Crippen molar-refractivity contribution in [2.75, 3.05) is 0 Å². The summed E-state index contributed by atoms with van der Waals surface area (Å²) < 4.78 is 0. The molecule has 0 amide bonds. The molecule has 0 heterocycles. The topological polar surface area (TPSA) is 0 Å². The Hall–Kier alpha value is -1.56. The van der Waals surface area contributed by atoms with E-state index in [1.807, 2.05) is 0 Å². The van der Waals surface area contributed by atoms with E-state index in [0.29, 0.717) is 0 Å². The predicted molar refractivity (Wildman–Crippen MR) is 93.3 cm³/mol. The molecule has 2 aromatic rings. The van der Waals surface area contributed by atoms with Gasteiger partial charge in [-0.25, -0.2) is 0 Å². The van der Waals surface area contributed by atoms with Crippen LogP contribution in [0, 0.1) is 11.8 Å². The van der Waals surface area contributed by atoms with Gasteiger partial charge in [-0.05, 0) is 58.8 Å². The highest BCUT2D eigenvalue weighted by molar-refractivity contribution is 5.44. The van der Waals surface area contributed by atoms with Gasteiger partial charge in [0.2, 0.25) is 0 Å². The molecule has 22 heavy (non-hydrogen) atoms. The van der Waals surface area contributed by atoms with Crippen molar-refractivity contribution >= 4 is 0 Å². The second kappa shape index (κ2) is 5.57. The zero-order chi connectivity index (χ0) is 15.1. The van der Waals surface area contributed by atoms with Gasteiger partial charge in [0, 0.05) is 0 Å². The molecule has 0 nitrogen and oxygen atoms in total. The number of benzene rings is 2. The standard InChI is InChI=1S/C22H26/c1-3-15-13-17-9-5-7-11-19(17)21(15)22-16(4-2)14-18-10-6-8-12-20(18)22/h5-12,15-16,21-22H,3-4,13-14H2,1-2H3/t15-,16+,21-,22?/m0/s1. The van der Waals surface area contributed by atoms with Crippen LogP contribution in [0.5, 0.6) is 0 Å². The Morgan fingerprint density at radius 2 is 1.09 bits per heavy atom. The van der Waals surface area contributed by atoms with Gasteiger partial charge >= 0.3 is 0 Å². The average Bonchev–Trinajstić information content (AvgIpc) is 3.11. The van der Waals surface area contributed by atoms with E-state index >= 15 is 0 Å². The Bertz CT molecular complexity index is 610. The van der Waals surface area contributed by atoms with Crippen LogP contribution in [0.15, 0.2) is 48.5 Å². The third-order valence-electron chi connectivity index (χ3n) is 6.24. The van der Waals surface area contributed by atoms with Crippen molar-refractivity contribution in [1.82, 2.24) is 0 Å². The zero-order valence-corrected chi connectivity index (χ0v) is 13.8. The van der Waals surface area contributed by atoms with Crippen LogP contribution in [-0.2, 0) is 12.8 Å². The van der Waals surface area contributed by atoms with Gasteiger partial charge in [0.1, 0.15) is 0 Å². The molecule has 2 aromatic carbocycles. The van der Waals surface area contributed by atoms with Crippen molar-refractivity contribution in [3.8, 4) is 0 Å². The minimum atomic E-state index is 0.731. The number of hydrogen-bond donors (Lipinski definition) is 0. The first kappa shape index (κ1) is 14.1. The van der Waals surface area contributed by atoms with Gasteiger partial charge in [0.25, 0.3) is 0 Å². The normalized spacial score (nSPS) is 29.4. The summed E-state index contributed by atoms with van der Waals surface area (Å²) in [6, 6.07) is 18.4. The van der Waals surface area contributed by atoms with Crippen LogP contribution in [0.25, 0.3) is 0 Å². The first-order valence-electron chi connectivity index (χ1n) is 8.99. The van der Waals surface area contributed by atoms with Crippen LogP contribution in [0.4, 0.5) is 0 Å². The molecule has 0 fully saturated rings. The van der Waals surface area contributed by atoms with E-state index in [2.05, 4.69) is 62.4 Å². The maximum atomic E-state index is 2.41. The van der Waals surface area contributed by atoms with E-state index in [1.54, 1.807) is 22.3 Å². The summed E-state index contributed by atoms with van der Waals surface area (Å²) in [7, 11) is 0. The van der Waals surface area contributed by atoms with Crippen molar-refractivity contribution in [3.05, 3.63) is 70.8 Å². The summed E-state index contributed by atoms with van der Waals surface area (Å²) >= 11 is 0. The van der Waals surface area contributed by atoms with E-state index in [9.17, 15) is 0 Å². The first-order valence-corrected chi connectivity index (χ1v) is 8.99. The van der Waals surface area contributed by atoms with Gasteiger partial charge < -0.3 is 0 Å². The molecule has 4 rings (SSSR count). The molecule has 0 aromatic heterocycles. The van der Waals surface area contributed by atoms with Gasteiger partial charge in [-0.15, -0.1) is 0 Å². The lowest BCUT2D eigenvalue weighted by Gasteiger charge is -2.31. The highest BCUT2D eigenvalue weighted by atomic mass is 14.5. The molecule has 1 unspecified atom stereocenters. The quantitative estimate of drug-likeness (QED) is 0.678. The third kappa shape index (κ3) is 2.04. The largest absolute Gasteiger partial charge is 0.0651 e. The molecule has 0 saturated carbocycles. The van der Waals surface area contributed by atoms with Crippen LogP contribution in [0.1, 0.15) is 60.8 Å². The molecule has 114 valence electrons. The fourth-order valence-electron chi connectivity index (χ4n) is 5.19. The van der Waals surface area contributed by atoms with Crippen molar-refractivity contribution in [1.29, 1.82) is 0 Å². The van der Waals surface area contributed by atoms with Gasteiger partial charge in [0.15, 0.2) is 0 Å². The summed E-state index contributed by atoms with van der Waals surface area (Å²) in [5, 5.41) is 0. The molecule has 2 aliphatic rings. The van der Waals surface area contributed by atoms with Gasteiger partial charge in [0.05, 0.1) is 0 Å². The Balaban J connectivity index is 1.82. The fourth-order valence-corrected chi connectivity index (χ4v) is 5.19. The van der Waals surface area contributed by atoms with Gasteiger partial charge in [-0.2, -0.15) is 0 Å². The summed E-state index contributed by atoms with van der Waals surface area (Å²) in [5.74, 6) is 3.11. The summed E-state index contributed by atoms with van der Waals surface area (Å²) in [6.07, 6.45) is 5.17. The van der Waals surface area contributed by atoms with E-state index in [1.165, 1.54) is 25.7 Å². The minimum absolute atomic E-state index is 0.731. The molecule has 0 heteroatoms. The summed E-state index contributed by atoms with van der Waals surface area (Å²) in [5.41, 5.74) is 6.51. The molecule has 0 saturated heterocycles. The molecule has 0 bridgehead atoms. The van der Waals surface area contributed by atoms with E-state index in [-0.39, 0.29) is 0 Å². The second-order valence-corrected chi connectivity index (χ2v) is 7.19. The van der Waals surface area contributed by atoms with Gasteiger partial charge in [-0.1, -0.05) is 75.2 Å². The second-order valence-electron chi connectivity index (χ2n) is 7.19. The van der Waals surface area contributed by atoms with Gasteiger partial charge in [-0.3, -0.25) is 0 Å². The van der Waals surface area contributed by atoms with Crippen LogP contribution in [0.2, 0.25) is 0 Å². The lowest BCUT2D eigenvalue weighted by atomic mass is 9.73. The molecule has 4 atom stereocenters. The third-order valence-corrected chi connectivity index (χ3v) is 6.24. The molecule has 2 aliphatic carbocycles. The Morgan fingerprint density at radius 3 is 1.50 bits per heavy atom. The highest BCUT2D eigenvalue weighted by Gasteiger charge is 2.43. The number of rotatable bonds is 3. The Labute approximate surface area is 134 Å². The minimum Gasteiger partial charge on any atom is -0.0651 e. The van der Waals surface area contributed by atoms with Crippen LogP contribution < -0.4 is 0 Å². The van der Waals surface area contributed by atoms with Crippen molar-refractivity contribution in [2.24, 2.45) is 11.8 Å². The van der Waals surface area contributed by atoms with Crippen molar-refractivity contribution < 1.29 is 0 Å². The van der Waals surface area contributed by atoms with Crippen molar-refractivity contribution in [2.45, 2.75) is 51.4 Å². The predicted octanol–water partition coefficient (Wildman–Crippen LogP) is 5.72. The first-order chi connectivity index (χ1) is 10.8. The van der Waals surface area contributed by atoms with E-state index < -0.39 is 0 Å². The monoisotopic (exact) mass is 290 g/mol. The zero-order valence-electron chi connectivity index (χ0n) is 13.8. The molecule has 0 N–H and O–H groups in total. The lowest BCUT2D eigenvalue weighted by molar-refractivity contribution is 0.313. The molecule has 0 radical (unpaired) electrons. The molecule has 0 aliphatic heterocycles. The maximum Gasteiger partial charge on any atom is -0.00561 e. The smallest absolute Gasteiger partial charge is 0.00561 e. The summed E-state index contributed by atoms with van der Waals surface area (Å²) in [6.45, 7) is 4.76. The van der Waals surface area contributed by atoms with Crippen LogP contribution >= 0.6 is 0 Å². The molecular weight excluding hydrogens is 264 g/mol. The molecule has 0 spiro atoms. The maximum absolute atomic E-state index is 2.41. The van der Waals surface area contributed by atoms with Crippen LogP contribution in [0.3, 0.4) is 0 Å².